The normalized spacial score (nSPS) is 15.3. The SMILES string of the molecule is CNC(CSCC(C)CO)C(=O)O. The third-order valence-electron chi connectivity index (χ3n) is 1.65. The Morgan fingerprint density at radius 3 is 2.54 bits per heavy atom. The summed E-state index contributed by atoms with van der Waals surface area (Å²) < 4.78 is 0. The third kappa shape index (κ3) is 5.90. The zero-order valence-corrected chi connectivity index (χ0v) is 8.80. The monoisotopic (exact) mass is 207 g/mol. The maximum absolute atomic E-state index is 10.6. The van der Waals surface area contributed by atoms with E-state index in [0.717, 1.165) is 5.75 Å². The number of rotatable bonds is 7. The van der Waals surface area contributed by atoms with Gasteiger partial charge in [-0.3, -0.25) is 4.79 Å². The van der Waals surface area contributed by atoms with E-state index in [0.29, 0.717) is 5.75 Å². The van der Waals surface area contributed by atoms with Crippen LogP contribution >= 0.6 is 11.8 Å². The molecule has 0 bridgehead atoms. The van der Waals surface area contributed by atoms with Crippen molar-refractivity contribution >= 4 is 17.7 Å². The average molecular weight is 207 g/mol. The number of nitrogens with one attached hydrogen (secondary N) is 1. The minimum absolute atomic E-state index is 0.157. The lowest BCUT2D eigenvalue weighted by Gasteiger charge is -2.12. The molecule has 0 aromatic carbocycles. The van der Waals surface area contributed by atoms with Crippen molar-refractivity contribution in [1.29, 1.82) is 0 Å². The molecule has 0 aromatic heterocycles. The molecule has 0 aliphatic carbocycles. The van der Waals surface area contributed by atoms with Crippen LogP contribution in [0.2, 0.25) is 0 Å². The average Bonchev–Trinajstić information content (AvgIpc) is 2.11. The molecule has 0 spiro atoms. The number of hydrogen-bond donors (Lipinski definition) is 3. The summed E-state index contributed by atoms with van der Waals surface area (Å²) in [4.78, 5) is 10.6. The predicted molar refractivity (Wildman–Crippen MR) is 54.1 cm³/mol. The van der Waals surface area contributed by atoms with E-state index in [1.165, 1.54) is 0 Å². The Balaban J connectivity index is 3.55. The minimum atomic E-state index is -0.827. The van der Waals surface area contributed by atoms with E-state index in [2.05, 4.69) is 5.32 Å². The van der Waals surface area contributed by atoms with Crippen LogP contribution in [0.4, 0.5) is 0 Å². The Bertz CT molecular complexity index is 154. The molecule has 5 heteroatoms. The maximum atomic E-state index is 10.6. The van der Waals surface area contributed by atoms with Gasteiger partial charge in [0.05, 0.1) is 0 Å². The van der Waals surface area contributed by atoms with Crippen LogP contribution in [-0.4, -0.2) is 47.4 Å². The Hall–Kier alpha value is -0.260. The molecule has 0 fully saturated rings. The second-order valence-corrected chi connectivity index (χ2v) is 4.08. The molecule has 0 aliphatic rings. The number of aliphatic hydroxyl groups is 1. The first-order valence-corrected chi connectivity index (χ1v) is 5.36. The molecule has 78 valence electrons. The molecule has 0 aromatic rings. The van der Waals surface area contributed by atoms with Crippen molar-refractivity contribution < 1.29 is 15.0 Å². The molecule has 2 unspecified atom stereocenters. The quantitative estimate of drug-likeness (QED) is 0.549. The lowest BCUT2D eigenvalue weighted by molar-refractivity contribution is -0.138. The van der Waals surface area contributed by atoms with Crippen molar-refractivity contribution in [2.45, 2.75) is 13.0 Å². The highest BCUT2D eigenvalue weighted by atomic mass is 32.2. The van der Waals surface area contributed by atoms with Crippen molar-refractivity contribution in [2.24, 2.45) is 5.92 Å². The highest BCUT2D eigenvalue weighted by molar-refractivity contribution is 7.99. The molecule has 3 N–H and O–H groups in total. The second kappa shape index (κ2) is 7.17. The number of thioether (sulfide) groups is 1. The van der Waals surface area contributed by atoms with Crippen LogP contribution in [0.25, 0.3) is 0 Å². The van der Waals surface area contributed by atoms with Crippen LogP contribution in [0, 0.1) is 5.92 Å². The molecule has 13 heavy (non-hydrogen) atoms. The van der Waals surface area contributed by atoms with E-state index in [9.17, 15) is 4.79 Å². The molecule has 0 aliphatic heterocycles. The lowest BCUT2D eigenvalue weighted by Crippen LogP contribution is -2.36. The lowest BCUT2D eigenvalue weighted by atomic mass is 10.2. The molecular weight excluding hydrogens is 190 g/mol. The van der Waals surface area contributed by atoms with Crippen LogP contribution in [-0.2, 0) is 4.79 Å². The van der Waals surface area contributed by atoms with Crippen LogP contribution in [0.3, 0.4) is 0 Å². The van der Waals surface area contributed by atoms with Gasteiger partial charge in [-0.25, -0.2) is 0 Å². The Morgan fingerprint density at radius 2 is 2.15 bits per heavy atom. The summed E-state index contributed by atoms with van der Waals surface area (Å²) in [7, 11) is 1.63. The van der Waals surface area contributed by atoms with Crippen LogP contribution in [0.1, 0.15) is 6.92 Å². The molecular formula is C8H17NO3S. The van der Waals surface area contributed by atoms with Crippen molar-refractivity contribution in [1.82, 2.24) is 5.32 Å². The van der Waals surface area contributed by atoms with E-state index >= 15 is 0 Å². The fraction of sp³-hybridized carbons (Fsp3) is 0.875. The third-order valence-corrected chi connectivity index (χ3v) is 3.02. The number of aliphatic hydroxyl groups excluding tert-OH is 1. The number of carboxylic acid groups (broad SMARTS) is 1. The molecule has 0 saturated carbocycles. The number of aliphatic carboxylic acids is 1. The van der Waals surface area contributed by atoms with Crippen LogP contribution < -0.4 is 5.32 Å². The van der Waals surface area contributed by atoms with Gasteiger partial charge in [-0.2, -0.15) is 11.8 Å². The van der Waals surface area contributed by atoms with Gasteiger partial charge in [0.15, 0.2) is 0 Å². The zero-order chi connectivity index (χ0) is 10.3. The van der Waals surface area contributed by atoms with Gasteiger partial charge in [0, 0.05) is 12.4 Å². The molecule has 2 atom stereocenters. The van der Waals surface area contributed by atoms with Gasteiger partial charge in [-0.15, -0.1) is 0 Å². The predicted octanol–water partition coefficient (Wildman–Crippen LogP) is 0.0206. The van der Waals surface area contributed by atoms with E-state index < -0.39 is 12.0 Å². The Labute approximate surface area is 82.7 Å². The highest BCUT2D eigenvalue weighted by Gasteiger charge is 2.14. The number of likely N-dealkylation sites (N-methyl/N-ethyl adjacent to an activating group) is 1. The summed E-state index contributed by atoms with van der Waals surface area (Å²) in [6, 6.07) is -0.490. The van der Waals surface area contributed by atoms with Gasteiger partial charge < -0.3 is 15.5 Å². The van der Waals surface area contributed by atoms with Crippen LogP contribution in [0.5, 0.6) is 0 Å². The first-order valence-electron chi connectivity index (χ1n) is 4.20. The van der Waals surface area contributed by atoms with Gasteiger partial charge >= 0.3 is 5.97 Å². The second-order valence-electron chi connectivity index (χ2n) is 3.00. The van der Waals surface area contributed by atoms with Crippen LogP contribution in [0.15, 0.2) is 0 Å². The highest BCUT2D eigenvalue weighted by Crippen LogP contribution is 2.09. The maximum Gasteiger partial charge on any atom is 0.321 e. The van der Waals surface area contributed by atoms with Gasteiger partial charge in [0.1, 0.15) is 6.04 Å². The first kappa shape index (κ1) is 12.7. The molecule has 4 nitrogen and oxygen atoms in total. The number of carboxylic acids is 1. The summed E-state index contributed by atoms with van der Waals surface area (Å²) in [5.74, 6) is 0.737. The first-order chi connectivity index (χ1) is 6.11. The van der Waals surface area contributed by atoms with E-state index in [-0.39, 0.29) is 12.5 Å². The standard InChI is InChI=1S/C8H17NO3S/c1-6(3-10)4-13-5-7(9-2)8(11)12/h6-7,9-10H,3-5H2,1-2H3,(H,11,12). The molecule has 0 amide bonds. The fourth-order valence-electron chi connectivity index (χ4n) is 0.718. The Kier molecular flexibility index (Phi) is 7.03. The molecule has 0 heterocycles. The summed E-state index contributed by atoms with van der Waals surface area (Å²) in [6.07, 6.45) is 0. The smallest absolute Gasteiger partial charge is 0.321 e. The molecule has 0 radical (unpaired) electrons. The fourth-order valence-corrected chi connectivity index (χ4v) is 1.91. The van der Waals surface area contributed by atoms with E-state index in [1.807, 2.05) is 6.92 Å². The minimum Gasteiger partial charge on any atom is -0.480 e. The van der Waals surface area contributed by atoms with Crippen molar-refractivity contribution in [2.75, 3.05) is 25.2 Å². The summed E-state index contributed by atoms with van der Waals surface area (Å²) in [5, 5.41) is 20.1. The molecule has 0 saturated heterocycles. The number of hydrogen-bond acceptors (Lipinski definition) is 4. The van der Waals surface area contributed by atoms with Crippen molar-refractivity contribution in [3.8, 4) is 0 Å². The Morgan fingerprint density at radius 1 is 1.54 bits per heavy atom. The van der Waals surface area contributed by atoms with E-state index in [4.69, 9.17) is 10.2 Å². The van der Waals surface area contributed by atoms with Gasteiger partial charge in [0.25, 0.3) is 0 Å². The topological polar surface area (TPSA) is 69.6 Å². The van der Waals surface area contributed by atoms with Gasteiger partial charge in [-0.05, 0) is 18.7 Å². The molecule has 0 rings (SSSR count). The summed E-state index contributed by atoms with van der Waals surface area (Å²) in [5.41, 5.74) is 0. The summed E-state index contributed by atoms with van der Waals surface area (Å²) in [6.45, 7) is 2.09. The number of carbonyl (C=O) groups is 1. The van der Waals surface area contributed by atoms with Crippen molar-refractivity contribution in [3.05, 3.63) is 0 Å². The van der Waals surface area contributed by atoms with Gasteiger partial charge in [0.2, 0.25) is 0 Å². The summed E-state index contributed by atoms with van der Waals surface area (Å²) >= 11 is 1.54. The van der Waals surface area contributed by atoms with Gasteiger partial charge in [-0.1, -0.05) is 6.92 Å². The van der Waals surface area contributed by atoms with E-state index in [1.54, 1.807) is 18.8 Å². The zero-order valence-electron chi connectivity index (χ0n) is 7.99. The van der Waals surface area contributed by atoms with Crippen molar-refractivity contribution in [3.63, 3.8) is 0 Å². The largest absolute Gasteiger partial charge is 0.480 e.